The Morgan fingerprint density at radius 1 is 1.00 bits per heavy atom. The SMILES string of the molecule is CCN1CCN(c2ccc(C(=O)N(C)Cc3cc(Cl)cc(Cl)c3)cc2)CC1. The molecule has 27 heavy (non-hydrogen) atoms. The lowest BCUT2D eigenvalue weighted by atomic mass is 10.1. The number of halogens is 2. The van der Waals surface area contributed by atoms with Crippen molar-refractivity contribution in [3.8, 4) is 0 Å². The van der Waals surface area contributed by atoms with E-state index in [1.54, 1.807) is 18.0 Å². The van der Waals surface area contributed by atoms with Crippen molar-refractivity contribution in [1.82, 2.24) is 9.80 Å². The second-order valence-electron chi connectivity index (χ2n) is 6.91. The molecule has 1 aliphatic rings. The molecule has 6 heteroatoms. The molecule has 2 aromatic carbocycles. The minimum absolute atomic E-state index is 0.0200. The van der Waals surface area contributed by atoms with E-state index in [9.17, 15) is 4.79 Å². The fourth-order valence-corrected chi connectivity index (χ4v) is 3.98. The summed E-state index contributed by atoms with van der Waals surface area (Å²) in [4.78, 5) is 19.2. The molecule has 0 aliphatic carbocycles. The summed E-state index contributed by atoms with van der Waals surface area (Å²) in [5, 5.41) is 1.15. The normalized spacial score (nSPS) is 15.0. The third-order valence-electron chi connectivity index (χ3n) is 4.99. The Balaban J connectivity index is 1.63. The minimum atomic E-state index is -0.0200. The maximum atomic E-state index is 12.7. The summed E-state index contributed by atoms with van der Waals surface area (Å²) in [6.07, 6.45) is 0. The van der Waals surface area contributed by atoms with Crippen LogP contribution in [0.5, 0.6) is 0 Å². The number of anilines is 1. The summed E-state index contributed by atoms with van der Waals surface area (Å²) >= 11 is 12.1. The van der Waals surface area contributed by atoms with Gasteiger partial charge in [-0.1, -0.05) is 30.1 Å². The highest BCUT2D eigenvalue weighted by Gasteiger charge is 2.17. The standard InChI is InChI=1S/C21H25Cl2N3O/c1-3-25-8-10-26(11-9-25)20-6-4-17(5-7-20)21(27)24(2)15-16-12-18(22)14-19(23)13-16/h4-7,12-14H,3,8-11,15H2,1-2H3. The Kier molecular flexibility index (Phi) is 6.64. The number of hydrogen-bond donors (Lipinski definition) is 0. The van der Waals surface area contributed by atoms with Gasteiger partial charge in [0.05, 0.1) is 0 Å². The van der Waals surface area contributed by atoms with Crippen LogP contribution in [0.1, 0.15) is 22.8 Å². The van der Waals surface area contributed by atoms with E-state index in [4.69, 9.17) is 23.2 Å². The fraction of sp³-hybridized carbons (Fsp3) is 0.381. The van der Waals surface area contributed by atoms with Crippen LogP contribution < -0.4 is 4.90 Å². The van der Waals surface area contributed by atoms with Crippen molar-refractivity contribution >= 4 is 34.8 Å². The van der Waals surface area contributed by atoms with Gasteiger partial charge < -0.3 is 14.7 Å². The predicted molar refractivity (Wildman–Crippen MR) is 113 cm³/mol. The van der Waals surface area contributed by atoms with Crippen LogP contribution in [-0.2, 0) is 6.54 Å². The maximum Gasteiger partial charge on any atom is 0.253 e. The Labute approximate surface area is 171 Å². The first kappa shape index (κ1) is 20.0. The first-order valence-corrected chi connectivity index (χ1v) is 9.99. The van der Waals surface area contributed by atoms with Gasteiger partial charge in [-0.3, -0.25) is 4.79 Å². The molecular formula is C21H25Cl2N3O. The van der Waals surface area contributed by atoms with Gasteiger partial charge in [0.15, 0.2) is 0 Å². The van der Waals surface area contributed by atoms with E-state index in [1.165, 1.54) is 5.69 Å². The molecule has 3 rings (SSSR count). The van der Waals surface area contributed by atoms with Gasteiger partial charge in [0, 0.05) is 61.1 Å². The van der Waals surface area contributed by atoms with Crippen LogP contribution in [0.4, 0.5) is 5.69 Å². The number of likely N-dealkylation sites (N-methyl/N-ethyl adjacent to an activating group) is 1. The third kappa shape index (κ3) is 5.16. The average Bonchev–Trinajstić information content (AvgIpc) is 2.67. The Morgan fingerprint density at radius 3 is 2.15 bits per heavy atom. The molecule has 0 spiro atoms. The minimum Gasteiger partial charge on any atom is -0.369 e. The van der Waals surface area contributed by atoms with Crippen molar-refractivity contribution in [1.29, 1.82) is 0 Å². The number of carbonyl (C=O) groups excluding carboxylic acids is 1. The van der Waals surface area contributed by atoms with Gasteiger partial charge in [-0.25, -0.2) is 0 Å². The van der Waals surface area contributed by atoms with Crippen molar-refractivity contribution in [3.05, 3.63) is 63.6 Å². The van der Waals surface area contributed by atoms with Crippen LogP contribution in [-0.4, -0.2) is 55.5 Å². The summed E-state index contributed by atoms with van der Waals surface area (Å²) in [5.41, 5.74) is 2.77. The molecular weight excluding hydrogens is 381 g/mol. The van der Waals surface area contributed by atoms with E-state index < -0.39 is 0 Å². The zero-order chi connectivity index (χ0) is 19.4. The molecule has 144 valence electrons. The smallest absolute Gasteiger partial charge is 0.253 e. The van der Waals surface area contributed by atoms with E-state index in [1.807, 2.05) is 36.4 Å². The summed E-state index contributed by atoms with van der Waals surface area (Å²) in [6.45, 7) is 7.98. The fourth-order valence-electron chi connectivity index (χ4n) is 3.41. The molecule has 0 saturated carbocycles. The molecule has 0 aromatic heterocycles. The van der Waals surface area contributed by atoms with Crippen molar-refractivity contribution in [2.24, 2.45) is 0 Å². The Morgan fingerprint density at radius 2 is 1.59 bits per heavy atom. The molecule has 1 saturated heterocycles. The lowest BCUT2D eigenvalue weighted by Gasteiger charge is -2.35. The number of piperazine rings is 1. The molecule has 1 heterocycles. The number of benzene rings is 2. The molecule has 1 fully saturated rings. The molecule has 0 N–H and O–H groups in total. The zero-order valence-corrected chi connectivity index (χ0v) is 17.3. The number of rotatable bonds is 5. The summed E-state index contributed by atoms with van der Waals surface area (Å²) in [6, 6.07) is 13.2. The van der Waals surface area contributed by atoms with Crippen molar-refractivity contribution in [2.75, 3.05) is 44.7 Å². The molecule has 0 bridgehead atoms. The molecule has 1 aliphatic heterocycles. The summed E-state index contributed by atoms with van der Waals surface area (Å²) < 4.78 is 0. The topological polar surface area (TPSA) is 26.8 Å². The van der Waals surface area contributed by atoms with Gasteiger partial charge in [0.25, 0.3) is 5.91 Å². The molecule has 1 amide bonds. The van der Waals surface area contributed by atoms with Gasteiger partial charge >= 0.3 is 0 Å². The average molecular weight is 406 g/mol. The van der Waals surface area contributed by atoms with Gasteiger partial charge in [-0.2, -0.15) is 0 Å². The van der Waals surface area contributed by atoms with Crippen molar-refractivity contribution in [2.45, 2.75) is 13.5 Å². The molecule has 0 unspecified atom stereocenters. The number of nitrogens with zero attached hydrogens (tertiary/aromatic N) is 3. The number of carbonyl (C=O) groups is 1. The quantitative estimate of drug-likeness (QED) is 0.736. The van der Waals surface area contributed by atoms with Crippen LogP contribution in [0.2, 0.25) is 10.0 Å². The van der Waals surface area contributed by atoms with E-state index >= 15 is 0 Å². The second-order valence-corrected chi connectivity index (χ2v) is 7.78. The monoisotopic (exact) mass is 405 g/mol. The molecule has 0 atom stereocenters. The lowest BCUT2D eigenvalue weighted by molar-refractivity contribution is 0.0785. The summed E-state index contributed by atoms with van der Waals surface area (Å²) in [7, 11) is 1.79. The van der Waals surface area contributed by atoms with Crippen LogP contribution in [0.25, 0.3) is 0 Å². The first-order chi connectivity index (χ1) is 13.0. The van der Waals surface area contributed by atoms with Gasteiger partial charge in [-0.15, -0.1) is 0 Å². The van der Waals surface area contributed by atoms with E-state index in [0.717, 1.165) is 38.3 Å². The molecule has 0 radical (unpaired) electrons. The van der Waals surface area contributed by atoms with Gasteiger partial charge in [0.1, 0.15) is 0 Å². The number of hydrogen-bond acceptors (Lipinski definition) is 3. The number of amides is 1. The first-order valence-electron chi connectivity index (χ1n) is 9.24. The van der Waals surface area contributed by atoms with E-state index in [2.05, 4.69) is 16.7 Å². The lowest BCUT2D eigenvalue weighted by Crippen LogP contribution is -2.46. The van der Waals surface area contributed by atoms with E-state index in [-0.39, 0.29) is 5.91 Å². The molecule has 4 nitrogen and oxygen atoms in total. The third-order valence-corrected chi connectivity index (χ3v) is 5.42. The highest BCUT2D eigenvalue weighted by Crippen LogP contribution is 2.21. The Bertz CT molecular complexity index is 766. The summed E-state index contributed by atoms with van der Waals surface area (Å²) in [5.74, 6) is -0.0200. The maximum absolute atomic E-state index is 12.7. The molecule has 2 aromatic rings. The van der Waals surface area contributed by atoms with Gasteiger partial charge in [0.2, 0.25) is 0 Å². The predicted octanol–water partition coefficient (Wildman–Crippen LogP) is 4.41. The second kappa shape index (κ2) is 8.96. The van der Waals surface area contributed by atoms with E-state index in [0.29, 0.717) is 22.2 Å². The Hall–Kier alpha value is -1.75. The zero-order valence-electron chi connectivity index (χ0n) is 15.8. The van der Waals surface area contributed by atoms with Crippen LogP contribution >= 0.6 is 23.2 Å². The highest BCUT2D eigenvalue weighted by molar-refractivity contribution is 6.34. The van der Waals surface area contributed by atoms with Crippen LogP contribution in [0, 0.1) is 0 Å². The van der Waals surface area contributed by atoms with Crippen LogP contribution in [0.15, 0.2) is 42.5 Å². The van der Waals surface area contributed by atoms with Crippen LogP contribution in [0.3, 0.4) is 0 Å². The van der Waals surface area contributed by atoms with Gasteiger partial charge in [-0.05, 0) is 54.6 Å². The van der Waals surface area contributed by atoms with Crippen molar-refractivity contribution < 1.29 is 4.79 Å². The highest BCUT2D eigenvalue weighted by atomic mass is 35.5. The largest absolute Gasteiger partial charge is 0.369 e. The van der Waals surface area contributed by atoms with Crippen molar-refractivity contribution in [3.63, 3.8) is 0 Å².